The van der Waals surface area contributed by atoms with E-state index in [9.17, 15) is 9.18 Å². The molecule has 0 spiro atoms. The van der Waals surface area contributed by atoms with Gasteiger partial charge in [-0.1, -0.05) is 18.6 Å². The number of rotatable bonds is 8. The van der Waals surface area contributed by atoms with Crippen LogP contribution in [0.4, 0.5) is 4.39 Å². The predicted octanol–water partition coefficient (Wildman–Crippen LogP) is 3.24. The van der Waals surface area contributed by atoms with Crippen LogP contribution in [0.2, 0.25) is 0 Å². The third kappa shape index (κ3) is 4.80. The Hall–Kier alpha value is -1.07. The highest BCUT2D eigenvalue weighted by Gasteiger charge is 2.31. The summed E-state index contributed by atoms with van der Waals surface area (Å²) in [6.45, 7) is 1.84. The SMILES string of the molecule is CNC(C)(CCCCSc1ccccc1F)C(=O)OC. The van der Waals surface area contributed by atoms with Crippen molar-refractivity contribution in [2.45, 2.75) is 36.6 Å². The summed E-state index contributed by atoms with van der Waals surface area (Å²) < 4.78 is 18.2. The minimum atomic E-state index is -0.641. The van der Waals surface area contributed by atoms with Crippen LogP contribution in [-0.4, -0.2) is 31.4 Å². The maximum Gasteiger partial charge on any atom is 0.325 e. The normalized spacial score (nSPS) is 13.8. The van der Waals surface area contributed by atoms with Gasteiger partial charge >= 0.3 is 5.97 Å². The molecule has 1 aromatic carbocycles. The maximum atomic E-state index is 13.4. The van der Waals surface area contributed by atoms with Crippen molar-refractivity contribution in [2.75, 3.05) is 19.9 Å². The summed E-state index contributed by atoms with van der Waals surface area (Å²) in [5, 5.41) is 3.01. The quantitative estimate of drug-likeness (QED) is 0.454. The smallest absolute Gasteiger partial charge is 0.325 e. The zero-order valence-electron chi connectivity index (χ0n) is 12.2. The molecule has 0 aliphatic heterocycles. The Labute approximate surface area is 124 Å². The second kappa shape index (κ2) is 8.27. The number of halogens is 1. The Balaban J connectivity index is 2.31. The highest BCUT2D eigenvalue weighted by atomic mass is 32.2. The fourth-order valence-corrected chi connectivity index (χ4v) is 2.83. The number of nitrogens with one attached hydrogen (secondary N) is 1. The van der Waals surface area contributed by atoms with Gasteiger partial charge in [-0.2, -0.15) is 0 Å². The molecule has 5 heteroatoms. The predicted molar refractivity (Wildman–Crippen MR) is 80.5 cm³/mol. The van der Waals surface area contributed by atoms with Crippen molar-refractivity contribution in [3.63, 3.8) is 0 Å². The van der Waals surface area contributed by atoms with Crippen LogP contribution >= 0.6 is 11.8 Å². The monoisotopic (exact) mass is 299 g/mol. The van der Waals surface area contributed by atoms with Crippen LogP contribution < -0.4 is 5.32 Å². The molecule has 3 nitrogen and oxygen atoms in total. The lowest BCUT2D eigenvalue weighted by atomic mass is 9.95. The number of ether oxygens (including phenoxy) is 1. The summed E-state index contributed by atoms with van der Waals surface area (Å²) >= 11 is 1.51. The van der Waals surface area contributed by atoms with Crippen LogP contribution in [0, 0.1) is 5.82 Å². The first kappa shape index (κ1) is 17.0. The molecule has 0 saturated heterocycles. The number of carbonyl (C=O) groups excluding carboxylic acids is 1. The van der Waals surface area contributed by atoms with Gasteiger partial charge in [0.2, 0.25) is 0 Å². The Morgan fingerprint density at radius 3 is 2.70 bits per heavy atom. The van der Waals surface area contributed by atoms with Crippen molar-refractivity contribution >= 4 is 17.7 Å². The van der Waals surface area contributed by atoms with Crippen molar-refractivity contribution in [3.8, 4) is 0 Å². The zero-order chi connectivity index (χ0) is 15.0. The van der Waals surface area contributed by atoms with Gasteiger partial charge in [-0.3, -0.25) is 4.79 Å². The van der Waals surface area contributed by atoms with Gasteiger partial charge in [0.05, 0.1) is 7.11 Å². The Morgan fingerprint density at radius 2 is 2.10 bits per heavy atom. The summed E-state index contributed by atoms with van der Waals surface area (Å²) in [6.07, 6.45) is 2.51. The molecule has 1 rings (SSSR count). The maximum absolute atomic E-state index is 13.4. The molecule has 0 aliphatic carbocycles. The molecule has 1 unspecified atom stereocenters. The molecule has 1 N–H and O–H groups in total. The molecule has 0 saturated carbocycles. The van der Waals surface area contributed by atoms with Crippen LogP contribution in [0.25, 0.3) is 0 Å². The molecule has 0 aliphatic rings. The van der Waals surface area contributed by atoms with E-state index in [1.54, 1.807) is 19.2 Å². The van der Waals surface area contributed by atoms with Crippen molar-refractivity contribution in [1.82, 2.24) is 5.32 Å². The van der Waals surface area contributed by atoms with E-state index < -0.39 is 5.54 Å². The number of likely N-dealkylation sites (N-methyl/N-ethyl adjacent to an activating group) is 1. The standard InChI is InChI=1S/C15H22FNO2S/c1-15(17-2,14(18)19-3)10-6-7-11-20-13-9-5-4-8-12(13)16/h4-5,8-9,17H,6-7,10-11H2,1-3H3. The summed E-state index contributed by atoms with van der Waals surface area (Å²) in [7, 11) is 3.15. The van der Waals surface area contributed by atoms with Gasteiger partial charge in [-0.05, 0) is 44.7 Å². The average Bonchev–Trinajstić information content (AvgIpc) is 2.47. The molecular formula is C15H22FNO2S. The summed E-state index contributed by atoms with van der Waals surface area (Å²) in [4.78, 5) is 12.3. The van der Waals surface area contributed by atoms with Crippen LogP contribution in [0.5, 0.6) is 0 Å². The second-order valence-corrected chi connectivity index (χ2v) is 5.95. The third-order valence-electron chi connectivity index (χ3n) is 3.35. The lowest BCUT2D eigenvalue weighted by Gasteiger charge is -2.25. The van der Waals surface area contributed by atoms with Gasteiger partial charge in [-0.25, -0.2) is 4.39 Å². The van der Waals surface area contributed by atoms with Crippen LogP contribution in [0.3, 0.4) is 0 Å². The van der Waals surface area contributed by atoms with Crippen LogP contribution in [0.1, 0.15) is 26.2 Å². The fraction of sp³-hybridized carbons (Fsp3) is 0.533. The van der Waals surface area contributed by atoms with Gasteiger partial charge in [-0.15, -0.1) is 11.8 Å². The highest BCUT2D eigenvalue weighted by Crippen LogP contribution is 2.23. The van der Waals surface area contributed by atoms with Gasteiger partial charge in [0.25, 0.3) is 0 Å². The van der Waals surface area contributed by atoms with Crippen molar-refractivity contribution < 1.29 is 13.9 Å². The first-order valence-corrected chi connectivity index (χ1v) is 7.66. The van der Waals surface area contributed by atoms with Crippen LogP contribution in [-0.2, 0) is 9.53 Å². The van der Waals surface area contributed by atoms with Crippen LogP contribution in [0.15, 0.2) is 29.2 Å². The number of carbonyl (C=O) groups is 1. The first-order valence-electron chi connectivity index (χ1n) is 6.68. The molecule has 0 radical (unpaired) electrons. The number of hydrogen-bond acceptors (Lipinski definition) is 4. The summed E-state index contributed by atoms with van der Waals surface area (Å²) in [6, 6.07) is 6.78. The largest absolute Gasteiger partial charge is 0.468 e. The van der Waals surface area contributed by atoms with E-state index >= 15 is 0 Å². The number of esters is 1. The first-order chi connectivity index (χ1) is 9.53. The molecular weight excluding hydrogens is 277 g/mol. The average molecular weight is 299 g/mol. The molecule has 0 bridgehead atoms. The fourth-order valence-electron chi connectivity index (χ4n) is 1.88. The number of hydrogen-bond donors (Lipinski definition) is 1. The summed E-state index contributed by atoms with van der Waals surface area (Å²) in [5.74, 6) is 0.413. The Bertz CT molecular complexity index is 442. The second-order valence-electron chi connectivity index (χ2n) is 4.81. The molecule has 112 valence electrons. The highest BCUT2D eigenvalue weighted by molar-refractivity contribution is 7.99. The molecule has 1 aromatic rings. The molecule has 0 aromatic heterocycles. The Morgan fingerprint density at radius 1 is 1.40 bits per heavy atom. The van der Waals surface area contributed by atoms with E-state index in [1.807, 2.05) is 13.0 Å². The molecule has 0 fully saturated rings. The van der Waals surface area contributed by atoms with E-state index in [1.165, 1.54) is 24.9 Å². The number of thioether (sulfide) groups is 1. The zero-order valence-corrected chi connectivity index (χ0v) is 13.1. The lowest BCUT2D eigenvalue weighted by Crippen LogP contribution is -2.48. The minimum Gasteiger partial charge on any atom is -0.468 e. The number of unbranched alkanes of at least 4 members (excludes halogenated alkanes) is 1. The van der Waals surface area contributed by atoms with Crippen molar-refractivity contribution in [3.05, 3.63) is 30.1 Å². The topological polar surface area (TPSA) is 38.3 Å². The van der Waals surface area contributed by atoms with Crippen molar-refractivity contribution in [2.24, 2.45) is 0 Å². The van der Waals surface area contributed by atoms with E-state index in [-0.39, 0.29) is 11.8 Å². The molecule has 0 amide bonds. The molecule has 0 heterocycles. The van der Waals surface area contributed by atoms with Gasteiger partial charge in [0.1, 0.15) is 11.4 Å². The number of benzene rings is 1. The van der Waals surface area contributed by atoms with Gasteiger partial charge < -0.3 is 10.1 Å². The number of methoxy groups -OCH3 is 1. The molecule has 20 heavy (non-hydrogen) atoms. The lowest BCUT2D eigenvalue weighted by molar-refractivity contribution is -0.148. The van der Waals surface area contributed by atoms with E-state index in [0.717, 1.165) is 18.6 Å². The van der Waals surface area contributed by atoms with E-state index in [2.05, 4.69) is 5.32 Å². The third-order valence-corrected chi connectivity index (χ3v) is 4.49. The van der Waals surface area contributed by atoms with Gasteiger partial charge in [0, 0.05) is 4.90 Å². The van der Waals surface area contributed by atoms with E-state index in [4.69, 9.17) is 4.74 Å². The minimum absolute atomic E-state index is 0.174. The van der Waals surface area contributed by atoms with Crippen molar-refractivity contribution in [1.29, 1.82) is 0 Å². The van der Waals surface area contributed by atoms with Gasteiger partial charge in [0.15, 0.2) is 0 Å². The summed E-state index contributed by atoms with van der Waals surface area (Å²) in [5.41, 5.74) is -0.641. The Kier molecular flexibility index (Phi) is 7.02. The molecule has 1 atom stereocenters. The van der Waals surface area contributed by atoms with E-state index in [0.29, 0.717) is 11.3 Å².